The van der Waals surface area contributed by atoms with E-state index in [9.17, 15) is 18.0 Å². The number of Topliss-reactive ketones (excluding diaryl/α,β-unsaturated/α-hetero) is 1. The monoisotopic (exact) mass is 477 g/mol. The van der Waals surface area contributed by atoms with Crippen LogP contribution in [0.15, 0.2) is 69.9 Å². The lowest BCUT2D eigenvalue weighted by Gasteiger charge is -2.38. The van der Waals surface area contributed by atoms with Gasteiger partial charge in [0.15, 0.2) is 20.9 Å². The molecule has 0 unspecified atom stereocenters. The van der Waals surface area contributed by atoms with Crippen molar-refractivity contribution in [1.82, 2.24) is 5.32 Å². The zero-order chi connectivity index (χ0) is 22.9. The van der Waals surface area contributed by atoms with Gasteiger partial charge in [-0.3, -0.25) is 14.9 Å². The van der Waals surface area contributed by atoms with Gasteiger partial charge in [-0.1, -0.05) is 11.6 Å². The van der Waals surface area contributed by atoms with E-state index in [0.29, 0.717) is 5.02 Å². The van der Waals surface area contributed by atoms with Gasteiger partial charge in [-0.15, -0.1) is 0 Å². The van der Waals surface area contributed by atoms with Crippen LogP contribution in [0.1, 0.15) is 40.9 Å². The van der Waals surface area contributed by atoms with Crippen molar-refractivity contribution in [3.63, 3.8) is 0 Å². The van der Waals surface area contributed by atoms with Gasteiger partial charge < -0.3 is 13.6 Å². The first-order valence-corrected chi connectivity index (χ1v) is 11.8. The van der Waals surface area contributed by atoms with Gasteiger partial charge in [0.25, 0.3) is 0 Å². The summed E-state index contributed by atoms with van der Waals surface area (Å²) in [4.78, 5) is 26.3. The topological polar surface area (TPSA) is 116 Å². The largest absolute Gasteiger partial charge is 0.468 e. The summed E-state index contributed by atoms with van der Waals surface area (Å²) in [6, 6.07) is 10.0. The fourth-order valence-electron chi connectivity index (χ4n) is 3.88. The highest BCUT2D eigenvalue weighted by Crippen LogP contribution is 2.40. The molecule has 0 saturated carbocycles. The average Bonchev–Trinajstić information content (AvgIpc) is 3.47. The number of esters is 1. The van der Waals surface area contributed by atoms with Gasteiger partial charge >= 0.3 is 5.97 Å². The number of ether oxygens (including phenoxy) is 1. The third-order valence-electron chi connectivity index (χ3n) is 5.28. The minimum atomic E-state index is -4.43. The van der Waals surface area contributed by atoms with Crippen molar-refractivity contribution in [3.8, 4) is 0 Å². The third-order valence-corrected chi connectivity index (χ3v) is 7.90. The summed E-state index contributed by atoms with van der Waals surface area (Å²) in [5.74, 6) is -1.20. The maximum atomic E-state index is 13.9. The lowest BCUT2D eigenvalue weighted by molar-refractivity contribution is -0.143. The predicted molar refractivity (Wildman–Crippen MR) is 115 cm³/mol. The van der Waals surface area contributed by atoms with E-state index in [-0.39, 0.29) is 23.7 Å². The Kier molecular flexibility index (Phi) is 6.23. The Bertz CT molecular complexity index is 1190. The molecule has 0 radical (unpaired) electrons. The van der Waals surface area contributed by atoms with E-state index in [0.717, 1.165) is 0 Å². The van der Waals surface area contributed by atoms with E-state index in [1.807, 2.05) is 0 Å². The van der Waals surface area contributed by atoms with E-state index in [4.69, 9.17) is 25.2 Å². The van der Waals surface area contributed by atoms with Gasteiger partial charge in [0, 0.05) is 10.6 Å². The standard InChI is InChI=1S/C22H20ClNO7S/c1-2-29-22(26)21-18(16-6-4-12-31-16)24-17(15-5-3-11-30-15)20(32(21,27)28)19(25)13-7-9-14(23)10-8-13/h3-12,17-18,20-21,24H,2H2,1H3/t17-,18+,20+,21-/m1/s1. The maximum Gasteiger partial charge on any atom is 0.326 e. The van der Waals surface area contributed by atoms with Crippen molar-refractivity contribution in [3.05, 3.63) is 83.2 Å². The Morgan fingerprint density at radius 3 is 2.03 bits per heavy atom. The van der Waals surface area contributed by atoms with Crippen molar-refractivity contribution >= 4 is 33.2 Å². The predicted octanol–water partition coefficient (Wildman–Crippen LogP) is 3.51. The number of nitrogens with one attached hydrogen (secondary N) is 1. The number of carbonyl (C=O) groups excluding carboxylic acids is 2. The van der Waals surface area contributed by atoms with Crippen LogP contribution in [0.2, 0.25) is 5.02 Å². The van der Waals surface area contributed by atoms with Gasteiger partial charge in [-0.25, -0.2) is 8.42 Å². The fraction of sp³-hybridized carbons (Fsp3) is 0.273. The summed E-state index contributed by atoms with van der Waals surface area (Å²) in [5, 5.41) is 0.164. The summed E-state index contributed by atoms with van der Waals surface area (Å²) in [6.07, 6.45) is 2.76. The molecule has 2 aromatic heterocycles. The Balaban J connectivity index is 1.86. The van der Waals surface area contributed by atoms with Crippen molar-refractivity contribution < 1.29 is 31.6 Å². The second-order valence-corrected chi connectivity index (χ2v) is 9.84. The third kappa shape index (κ3) is 3.99. The number of benzene rings is 1. The minimum absolute atomic E-state index is 0.0207. The highest BCUT2D eigenvalue weighted by Gasteiger charge is 2.57. The lowest BCUT2D eigenvalue weighted by Crippen LogP contribution is -2.59. The van der Waals surface area contributed by atoms with Crippen LogP contribution in [0.5, 0.6) is 0 Å². The molecule has 0 spiro atoms. The summed E-state index contributed by atoms with van der Waals surface area (Å²) >= 11 is 5.92. The SMILES string of the molecule is CCOC(=O)[C@H]1[C@H](c2ccco2)N[C@H](c2ccco2)[C@@H](C(=O)c2ccc(Cl)cc2)S1(=O)=O. The van der Waals surface area contributed by atoms with Crippen LogP contribution < -0.4 is 5.32 Å². The van der Waals surface area contributed by atoms with Crippen LogP contribution in [0.4, 0.5) is 0 Å². The molecular formula is C22H20ClNO7S. The molecule has 1 aliphatic rings. The molecule has 1 aliphatic heterocycles. The summed E-state index contributed by atoms with van der Waals surface area (Å²) in [6.45, 7) is 1.55. The molecule has 10 heteroatoms. The van der Waals surface area contributed by atoms with Crippen molar-refractivity contribution in [2.75, 3.05) is 6.61 Å². The second kappa shape index (κ2) is 8.93. The maximum absolute atomic E-state index is 13.9. The van der Waals surface area contributed by atoms with Crippen LogP contribution in [-0.4, -0.2) is 37.3 Å². The molecule has 3 aromatic rings. The van der Waals surface area contributed by atoms with Crippen LogP contribution in [0, 0.1) is 0 Å². The molecule has 32 heavy (non-hydrogen) atoms. The van der Waals surface area contributed by atoms with Crippen molar-refractivity contribution in [1.29, 1.82) is 0 Å². The van der Waals surface area contributed by atoms with E-state index in [1.165, 1.54) is 36.8 Å². The van der Waals surface area contributed by atoms with Gasteiger partial charge in [-0.2, -0.15) is 0 Å². The van der Waals surface area contributed by atoms with Crippen LogP contribution in [-0.2, 0) is 19.4 Å². The highest BCUT2D eigenvalue weighted by molar-refractivity contribution is 7.94. The molecule has 1 fully saturated rings. The zero-order valence-electron chi connectivity index (χ0n) is 16.9. The second-order valence-electron chi connectivity index (χ2n) is 7.21. The van der Waals surface area contributed by atoms with E-state index < -0.39 is 44.2 Å². The number of ketones is 1. The number of hydrogen-bond acceptors (Lipinski definition) is 8. The molecule has 4 rings (SSSR count). The van der Waals surface area contributed by atoms with Crippen LogP contribution in [0.25, 0.3) is 0 Å². The number of sulfone groups is 1. The first-order valence-electron chi connectivity index (χ1n) is 9.86. The average molecular weight is 478 g/mol. The molecule has 168 valence electrons. The van der Waals surface area contributed by atoms with Crippen LogP contribution in [0.3, 0.4) is 0 Å². The number of furan rings is 2. The van der Waals surface area contributed by atoms with Gasteiger partial charge in [0.1, 0.15) is 16.8 Å². The molecule has 0 amide bonds. The van der Waals surface area contributed by atoms with Crippen molar-refractivity contribution in [2.24, 2.45) is 0 Å². The lowest BCUT2D eigenvalue weighted by atomic mass is 9.98. The number of hydrogen-bond donors (Lipinski definition) is 1. The molecule has 8 nitrogen and oxygen atoms in total. The van der Waals surface area contributed by atoms with Gasteiger partial charge in [0.2, 0.25) is 0 Å². The minimum Gasteiger partial charge on any atom is -0.468 e. The summed E-state index contributed by atoms with van der Waals surface area (Å²) in [7, 11) is -4.43. The Labute approximate surface area is 189 Å². The first-order chi connectivity index (χ1) is 15.3. The van der Waals surface area contributed by atoms with Gasteiger partial charge in [0.05, 0.1) is 31.2 Å². The molecular weight excluding hydrogens is 458 g/mol. The smallest absolute Gasteiger partial charge is 0.326 e. The molecule has 1 saturated heterocycles. The normalized spacial score (nSPS) is 24.7. The van der Waals surface area contributed by atoms with Gasteiger partial charge in [-0.05, 0) is 55.5 Å². The van der Waals surface area contributed by atoms with Crippen LogP contribution >= 0.6 is 11.6 Å². The molecule has 0 aliphatic carbocycles. The summed E-state index contributed by atoms with van der Waals surface area (Å²) < 4.78 is 43.7. The Morgan fingerprint density at radius 1 is 0.969 bits per heavy atom. The zero-order valence-corrected chi connectivity index (χ0v) is 18.5. The molecule has 1 aromatic carbocycles. The molecule has 4 atom stereocenters. The Morgan fingerprint density at radius 2 is 1.53 bits per heavy atom. The number of carbonyl (C=O) groups is 2. The summed E-state index contributed by atoms with van der Waals surface area (Å²) in [5.41, 5.74) is 0.139. The highest BCUT2D eigenvalue weighted by atomic mass is 35.5. The molecule has 0 bridgehead atoms. The molecule has 1 N–H and O–H groups in total. The number of rotatable bonds is 6. The quantitative estimate of drug-likeness (QED) is 0.423. The van der Waals surface area contributed by atoms with E-state index in [1.54, 1.807) is 31.2 Å². The van der Waals surface area contributed by atoms with E-state index in [2.05, 4.69) is 5.32 Å². The Hall–Kier alpha value is -2.88. The first kappa shape index (κ1) is 22.3. The number of halogens is 1. The van der Waals surface area contributed by atoms with E-state index >= 15 is 0 Å². The fourth-order valence-corrected chi connectivity index (χ4v) is 6.27. The van der Waals surface area contributed by atoms with Crippen molar-refractivity contribution in [2.45, 2.75) is 29.5 Å². The molecule has 3 heterocycles.